The first-order valence-corrected chi connectivity index (χ1v) is 10.8. The molecule has 8 nitrogen and oxygen atoms in total. The summed E-state index contributed by atoms with van der Waals surface area (Å²) in [5.41, 5.74) is 4.30. The Bertz CT molecular complexity index is 1150. The number of methoxy groups -OCH3 is 1. The first-order valence-electron chi connectivity index (χ1n) is 10.8. The molecule has 0 radical (unpaired) electrons. The van der Waals surface area contributed by atoms with Crippen LogP contribution in [0.5, 0.6) is 11.5 Å². The number of nitrogens with one attached hydrogen (secondary N) is 1. The summed E-state index contributed by atoms with van der Waals surface area (Å²) in [6.45, 7) is 3.66. The fourth-order valence-electron chi connectivity index (χ4n) is 4.05. The van der Waals surface area contributed by atoms with Gasteiger partial charge in [0, 0.05) is 5.56 Å². The summed E-state index contributed by atoms with van der Waals surface area (Å²) in [5, 5.41) is 3.10. The zero-order valence-corrected chi connectivity index (χ0v) is 18.7. The topological polar surface area (TPSA) is 86.3 Å². The zero-order chi connectivity index (χ0) is 23.4. The van der Waals surface area contributed by atoms with Gasteiger partial charge in [-0.05, 0) is 48.4 Å². The lowest BCUT2D eigenvalue weighted by Crippen LogP contribution is -2.55. The number of fused-ring (bicyclic) bond motifs is 3. The van der Waals surface area contributed by atoms with E-state index in [-0.39, 0.29) is 13.2 Å². The van der Waals surface area contributed by atoms with Gasteiger partial charge in [-0.1, -0.05) is 42.5 Å². The molecule has 4 rings (SSSR count). The van der Waals surface area contributed by atoms with Crippen LogP contribution in [0.1, 0.15) is 30.9 Å². The molecule has 3 aromatic carbocycles. The molecule has 0 unspecified atom stereocenters. The average molecular weight is 450 g/mol. The van der Waals surface area contributed by atoms with Crippen molar-refractivity contribution in [2.75, 3.05) is 20.3 Å². The second-order valence-electron chi connectivity index (χ2n) is 7.36. The van der Waals surface area contributed by atoms with Gasteiger partial charge in [-0.15, -0.1) is 0 Å². The number of nitrogens with zero attached hydrogens (tertiary/aromatic N) is 1. The third-order valence-corrected chi connectivity index (χ3v) is 5.46. The Labute approximate surface area is 192 Å². The molecule has 0 spiro atoms. The number of hydrogen-bond acceptors (Lipinski definition) is 6. The molecule has 172 valence electrons. The second-order valence-corrected chi connectivity index (χ2v) is 7.36. The maximum atomic E-state index is 12.9. The smallest absolute Gasteiger partial charge is 0.432 e. The molecule has 0 aromatic heterocycles. The lowest BCUT2D eigenvalue weighted by molar-refractivity contribution is -0.00887. The predicted molar refractivity (Wildman–Crippen MR) is 122 cm³/mol. The van der Waals surface area contributed by atoms with E-state index in [1.165, 1.54) is 0 Å². The highest BCUT2D eigenvalue weighted by Crippen LogP contribution is 2.47. The van der Waals surface area contributed by atoms with E-state index in [1.807, 2.05) is 60.7 Å². The maximum Gasteiger partial charge on any atom is 0.432 e. The quantitative estimate of drug-likeness (QED) is 0.561. The van der Waals surface area contributed by atoms with E-state index in [0.717, 1.165) is 26.9 Å². The summed E-state index contributed by atoms with van der Waals surface area (Å²) in [7, 11) is 1.60. The van der Waals surface area contributed by atoms with Crippen LogP contribution in [0.25, 0.3) is 10.8 Å². The molecular formula is C25H26N2O6. The standard InChI is InChI=1S/C25H26N2O6/c1-4-31-24(28)26-27(25(29)32-5-2)23-21(17-10-13-18(30-3)14-11-17)22-19-9-7-6-8-16(19)12-15-20(22)33-23/h6-15,21,23H,4-5H2,1-3H3,(H,26,28)/t21-,23-/m0/s1. The minimum atomic E-state index is -0.900. The molecule has 0 bridgehead atoms. The Morgan fingerprint density at radius 1 is 0.970 bits per heavy atom. The number of rotatable bonds is 5. The number of amides is 2. The van der Waals surface area contributed by atoms with Gasteiger partial charge in [-0.25, -0.2) is 15.0 Å². The summed E-state index contributed by atoms with van der Waals surface area (Å²) in [6, 6.07) is 19.4. The molecule has 1 aliphatic heterocycles. The predicted octanol–water partition coefficient (Wildman–Crippen LogP) is 4.82. The number of ether oxygens (including phenoxy) is 4. The van der Waals surface area contributed by atoms with Gasteiger partial charge < -0.3 is 18.9 Å². The summed E-state index contributed by atoms with van der Waals surface area (Å²) >= 11 is 0. The molecule has 0 aliphatic carbocycles. The molecule has 0 saturated carbocycles. The first kappa shape index (κ1) is 22.3. The number of carbonyl (C=O) groups is 2. The van der Waals surface area contributed by atoms with Crippen LogP contribution in [-0.4, -0.2) is 43.7 Å². The Kier molecular flexibility index (Phi) is 6.53. The normalized spacial score (nSPS) is 16.5. The van der Waals surface area contributed by atoms with E-state index < -0.39 is 24.3 Å². The molecule has 0 saturated heterocycles. The van der Waals surface area contributed by atoms with Gasteiger partial charge in [-0.3, -0.25) is 0 Å². The largest absolute Gasteiger partial charge is 0.497 e. The monoisotopic (exact) mass is 450 g/mol. The van der Waals surface area contributed by atoms with E-state index in [1.54, 1.807) is 21.0 Å². The molecule has 0 fully saturated rings. The van der Waals surface area contributed by atoms with Gasteiger partial charge in [-0.2, -0.15) is 5.01 Å². The molecule has 2 amide bonds. The van der Waals surface area contributed by atoms with Crippen molar-refractivity contribution in [3.05, 3.63) is 71.8 Å². The summed E-state index contributed by atoms with van der Waals surface area (Å²) in [5.74, 6) is 0.919. The van der Waals surface area contributed by atoms with Crippen molar-refractivity contribution in [1.29, 1.82) is 0 Å². The van der Waals surface area contributed by atoms with Crippen molar-refractivity contribution in [1.82, 2.24) is 10.4 Å². The van der Waals surface area contributed by atoms with E-state index in [0.29, 0.717) is 11.5 Å². The number of hydrogen-bond donors (Lipinski definition) is 1. The van der Waals surface area contributed by atoms with Crippen LogP contribution >= 0.6 is 0 Å². The maximum absolute atomic E-state index is 12.9. The first-order chi connectivity index (χ1) is 16.1. The zero-order valence-electron chi connectivity index (χ0n) is 18.7. The second kappa shape index (κ2) is 9.68. The Morgan fingerprint density at radius 2 is 1.70 bits per heavy atom. The molecule has 33 heavy (non-hydrogen) atoms. The highest BCUT2D eigenvalue weighted by atomic mass is 16.6. The summed E-state index contributed by atoms with van der Waals surface area (Å²) in [6.07, 6.45) is -2.42. The fraction of sp³-hybridized carbons (Fsp3) is 0.280. The van der Waals surface area contributed by atoms with Gasteiger partial charge in [0.1, 0.15) is 11.5 Å². The van der Waals surface area contributed by atoms with Crippen molar-refractivity contribution in [3.8, 4) is 11.5 Å². The van der Waals surface area contributed by atoms with Crippen molar-refractivity contribution in [3.63, 3.8) is 0 Å². The highest BCUT2D eigenvalue weighted by molar-refractivity contribution is 5.89. The lowest BCUT2D eigenvalue weighted by atomic mass is 9.87. The average Bonchev–Trinajstić information content (AvgIpc) is 3.22. The third kappa shape index (κ3) is 4.37. The summed E-state index contributed by atoms with van der Waals surface area (Å²) < 4.78 is 21.8. The number of hydrazine groups is 1. The summed E-state index contributed by atoms with van der Waals surface area (Å²) in [4.78, 5) is 25.2. The van der Waals surface area contributed by atoms with Crippen molar-refractivity contribution in [2.45, 2.75) is 26.0 Å². The van der Waals surface area contributed by atoms with E-state index in [9.17, 15) is 9.59 Å². The van der Waals surface area contributed by atoms with Gasteiger partial charge in [0.25, 0.3) is 0 Å². The van der Waals surface area contributed by atoms with Crippen LogP contribution in [0.15, 0.2) is 60.7 Å². The Hall–Kier alpha value is -3.94. The Morgan fingerprint density at radius 3 is 2.39 bits per heavy atom. The van der Waals surface area contributed by atoms with E-state index in [2.05, 4.69) is 5.43 Å². The third-order valence-electron chi connectivity index (χ3n) is 5.46. The number of benzene rings is 3. The van der Waals surface area contributed by atoms with Crippen LogP contribution in [0, 0.1) is 0 Å². The molecule has 2 atom stereocenters. The minimum Gasteiger partial charge on any atom is -0.497 e. The molecule has 1 aliphatic rings. The van der Waals surface area contributed by atoms with Gasteiger partial charge in [0.05, 0.1) is 26.2 Å². The van der Waals surface area contributed by atoms with E-state index in [4.69, 9.17) is 18.9 Å². The van der Waals surface area contributed by atoms with Crippen LogP contribution in [-0.2, 0) is 9.47 Å². The molecule has 3 aromatic rings. The molecule has 8 heteroatoms. The van der Waals surface area contributed by atoms with Crippen molar-refractivity contribution >= 4 is 23.0 Å². The van der Waals surface area contributed by atoms with Gasteiger partial charge >= 0.3 is 12.2 Å². The lowest BCUT2D eigenvalue weighted by Gasteiger charge is -2.31. The SMILES string of the molecule is CCOC(=O)NN(C(=O)OCC)[C@H]1Oc2ccc3ccccc3c2[C@@H]1c1ccc(OC)cc1. The van der Waals surface area contributed by atoms with Crippen molar-refractivity contribution in [2.24, 2.45) is 0 Å². The molecular weight excluding hydrogens is 424 g/mol. The minimum absolute atomic E-state index is 0.135. The molecule has 1 heterocycles. The fourth-order valence-corrected chi connectivity index (χ4v) is 4.05. The van der Waals surface area contributed by atoms with Crippen molar-refractivity contribution < 1.29 is 28.5 Å². The van der Waals surface area contributed by atoms with E-state index >= 15 is 0 Å². The van der Waals surface area contributed by atoms with Gasteiger partial charge in [0.2, 0.25) is 6.23 Å². The van der Waals surface area contributed by atoms with Crippen LogP contribution in [0.4, 0.5) is 9.59 Å². The van der Waals surface area contributed by atoms with Crippen LogP contribution < -0.4 is 14.9 Å². The number of carbonyl (C=O) groups excluding carboxylic acids is 2. The van der Waals surface area contributed by atoms with Crippen LogP contribution in [0.2, 0.25) is 0 Å². The highest BCUT2D eigenvalue weighted by Gasteiger charge is 2.44. The Balaban J connectivity index is 1.84. The molecule has 1 N–H and O–H groups in total. The van der Waals surface area contributed by atoms with Gasteiger partial charge in [0.15, 0.2) is 0 Å². The van der Waals surface area contributed by atoms with Crippen LogP contribution in [0.3, 0.4) is 0 Å².